The van der Waals surface area contributed by atoms with Crippen LogP contribution in [0.25, 0.3) is 22.3 Å². The van der Waals surface area contributed by atoms with Gasteiger partial charge in [-0.1, -0.05) is 13.3 Å². The van der Waals surface area contributed by atoms with Gasteiger partial charge in [0, 0.05) is 28.2 Å². The van der Waals surface area contributed by atoms with Crippen LogP contribution in [-0.4, -0.2) is 51.0 Å². The van der Waals surface area contributed by atoms with Gasteiger partial charge in [-0.2, -0.15) is 5.21 Å². The first kappa shape index (κ1) is 24.3. The number of nitrogens with one attached hydrogen (secondary N) is 1. The molecule has 2 heterocycles. The molecule has 0 radical (unpaired) electrons. The second-order valence-corrected chi connectivity index (χ2v) is 8.14. The molecule has 0 bridgehead atoms. The van der Waals surface area contributed by atoms with Crippen molar-refractivity contribution in [1.82, 2.24) is 25.2 Å². The molecule has 35 heavy (non-hydrogen) atoms. The molecule has 0 fully saturated rings. The Morgan fingerprint density at radius 1 is 1.00 bits per heavy atom. The number of hydrogen-bond donors (Lipinski definition) is 1. The first-order valence-electron chi connectivity index (χ1n) is 12.1. The van der Waals surface area contributed by atoms with E-state index in [2.05, 4.69) is 33.6 Å². The van der Waals surface area contributed by atoms with Crippen molar-refractivity contribution in [3.8, 4) is 22.9 Å². The van der Waals surface area contributed by atoms with Gasteiger partial charge < -0.3 is 18.8 Å². The van der Waals surface area contributed by atoms with Crippen LogP contribution in [0.15, 0.2) is 48.7 Å². The molecule has 0 aliphatic heterocycles. The topological polar surface area (TPSA) is 104 Å². The van der Waals surface area contributed by atoms with Gasteiger partial charge in [-0.15, -0.1) is 10.2 Å². The van der Waals surface area contributed by atoms with Crippen LogP contribution in [0.3, 0.4) is 0 Å². The standard InChI is InChI=1S/C26H31N5O4/c1-3-7-22-21-14-15-31(18-25(32)33-4-2)23(21)12-13-24(22)35-17-6-5-16-34-20-10-8-19(9-11-20)26-27-29-30-28-26/h8-15H,3-7,16-18H2,1-2H3,(H,27,28,29,30). The summed E-state index contributed by atoms with van der Waals surface area (Å²) in [6.45, 7) is 5.80. The van der Waals surface area contributed by atoms with E-state index in [9.17, 15) is 4.79 Å². The summed E-state index contributed by atoms with van der Waals surface area (Å²) in [5.74, 6) is 2.05. The normalized spacial score (nSPS) is 11.0. The van der Waals surface area contributed by atoms with Crippen LogP contribution in [0, 0.1) is 0 Å². The van der Waals surface area contributed by atoms with Gasteiger partial charge in [0.2, 0.25) is 5.82 Å². The van der Waals surface area contributed by atoms with Crippen LogP contribution in [0.4, 0.5) is 0 Å². The summed E-state index contributed by atoms with van der Waals surface area (Å²) in [4.78, 5) is 11.9. The monoisotopic (exact) mass is 477 g/mol. The van der Waals surface area contributed by atoms with Crippen LogP contribution in [0.1, 0.15) is 38.7 Å². The van der Waals surface area contributed by atoms with Crippen molar-refractivity contribution in [2.24, 2.45) is 0 Å². The maximum atomic E-state index is 11.9. The molecule has 9 nitrogen and oxygen atoms in total. The van der Waals surface area contributed by atoms with Crippen molar-refractivity contribution in [3.05, 3.63) is 54.2 Å². The number of aromatic amines is 1. The molecule has 0 saturated heterocycles. The van der Waals surface area contributed by atoms with E-state index in [1.54, 1.807) is 0 Å². The number of carbonyl (C=O) groups excluding carboxylic acids is 1. The minimum absolute atomic E-state index is 0.211. The lowest BCUT2D eigenvalue weighted by atomic mass is 10.0. The number of hydrogen-bond acceptors (Lipinski definition) is 7. The Bertz CT molecular complexity index is 1220. The van der Waals surface area contributed by atoms with E-state index in [4.69, 9.17) is 14.2 Å². The lowest BCUT2D eigenvalue weighted by molar-refractivity contribution is -0.143. The first-order chi connectivity index (χ1) is 17.2. The van der Waals surface area contributed by atoms with E-state index in [-0.39, 0.29) is 12.5 Å². The third-order valence-electron chi connectivity index (χ3n) is 5.65. The minimum atomic E-state index is -0.229. The van der Waals surface area contributed by atoms with Gasteiger partial charge >= 0.3 is 5.97 Å². The highest BCUT2D eigenvalue weighted by Gasteiger charge is 2.13. The number of fused-ring (bicyclic) bond motifs is 1. The molecule has 0 atom stereocenters. The lowest BCUT2D eigenvalue weighted by Crippen LogP contribution is -2.12. The Morgan fingerprint density at radius 3 is 2.51 bits per heavy atom. The molecule has 0 spiro atoms. The predicted octanol–water partition coefficient (Wildman–Crippen LogP) is 4.58. The Morgan fingerprint density at radius 2 is 1.80 bits per heavy atom. The molecule has 1 N–H and O–H groups in total. The van der Waals surface area contributed by atoms with Crippen molar-refractivity contribution in [2.75, 3.05) is 19.8 Å². The molecular formula is C26H31N5O4. The third-order valence-corrected chi connectivity index (χ3v) is 5.65. The highest BCUT2D eigenvalue weighted by atomic mass is 16.5. The van der Waals surface area contributed by atoms with Crippen molar-refractivity contribution in [3.63, 3.8) is 0 Å². The highest BCUT2D eigenvalue weighted by molar-refractivity contribution is 5.87. The van der Waals surface area contributed by atoms with Crippen molar-refractivity contribution in [2.45, 2.75) is 46.1 Å². The van der Waals surface area contributed by atoms with Gasteiger partial charge in [0.1, 0.15) is 18.0 Å². The van der Waals surface area contributed by atoms with Gasteiger partial charge in [0.05, 0.1) is 19.8 Å². The number of tetrazole rings is 1. The molecule has 2 aromatic carbocycles. The summed E-state index contributed by atoms with van der Waals surface area (Å²) in [5.41, 5.74) is 3.09. The van der Waals surface area contributed by atoms with Crippen molar-refractivity contribution >= 4 is 16.9 Å². The van der Waals surface area contributed by atoms with Crippen LogP contribution in [0.2, 0.25) is 0 Å². The maximum Gasteiger partial charge on any atom is 0.325 e. The van der Waals surface area contributed by atoms with Gasteiger partial charge in [0.15, 0.2) is 0 Å². The molecule has 2 aromatic heterocycles. The van der Waals surface area contributed by atoms with E-state index >= 15 is 0 Å². The van der Waals surface area contributed by atoms with Crippen LogP contribution in [0.5, 0.6) is 11.5 Å². The van der Waals surface area contributed by atoms with Crippen molar-refractivity contribution in [1.29, 1.82) is 0 Å². The second kappa shape index (κ2) is 12.0. The summed E-state index contributed by atoms with van der Waals surface area (Å²) in [7, 11) is 0. The molecule has 4 rings (SSSR count). The molecule has 184 valence electrons. The van der Waals surface area contributed by atoms with E-state index in [0.29, 0.717) is 25.6 Å². The fourth-order valence-electron chi connectivity index (χ4n) is 4.00. The summed E-state index contributed by atoms with van der Waals surface area (Å²) in [5, 5.41) is 15.1. The smallest absolute Gasteiger partial charge is 0.325 e. The Kier molecular flexibility index (Phi) is 8.32. The zero-order valence-electron chi connectivity index (χ0n) is 20.2. The van der Waals surface area contributed by atoms with Crippen LogP contribution < -0.4 is 9.47 Å². The second-order valence-electron chi connectivity index (χ2n) is 8.14. The Labute approximate surface area is 204 Å². The van der Waals surface area contributed by atoms with Crippen LogP contribution >= 0.6 is 0 Å². The van der Waals surface area contributed by atoms with E-state index in [1.165, 1.54) is 5.56 Å². The summed E-state index contributed by atoms with van der Waals surface area (Å²) in [6.07, 6.45) is 5.63. The van der Waals surface area contributed by atoms with Crippen molar-refractivity contribution < 1.29 is 19.0 Å². The van der Waals surface area contributed by atoms with E-state index in [0.717, 1.165) is 53.6 Å². The number of benzene rings is 2. The number of rotatable bonds is 13. The highest BCUT2D eigenvalue weighted by Crippen LogP contribution is 2.30. The molecule has 0 saturated carbocycles. The number of nitrogens with zero attached hydrogens (tertiary/aromatic N) is 4. The SMILES string of the molecule is CCCc1c(OCCCCOc2ccc(-c3nn[nH]n3)cc2)ccc2c1ccn2CC(=O)OCC. The van der Waals surface area contributed by atoms with Crippen LogP contribution in [-0.2, 0) is 22.5 Å². The minimum Gasteiger partial charge on any atom is -0.494 e. The number of carbonyl (C=O) groups is 1. The van der Waals surface area contributed by atoms with E-state index in [1.807, 2.05) is 54.1 Å². The molecule has 0 unspecified atom stereocenters. The number of ether oxygens (including phenoxy) is 3. The number of unbranched alkanes of at least 4 members (excludes halogenated alkanes) is 1. The quantitative estimate of drug-likeness (QED) is 0.222. The number of esters is 1. The fraction of sp³-hybridized carbons (Fsp3) is 0.385. The number of H-pyrrole nitrogens is 1. The predicted molar refractivity (Wildman–Crippen MR) is 132 cm³/mol. The maximum absolute atomic E-state index is 11.9. The lowest BCUT2D eigenvalue weighted by Gasteiger charge is -2.14. The summed E-state index contributed by atoms with van der Waals surface area (Å²) < 4.78 is 19.0. The molecule has 0 aliphatic rings. The van der Waals surface area contributed by atoms with Gasteiger partial charge in [-0.3, -0.25) is 4.79 Å². The molecule has 9 heteroatoms. The summed E-state index contributed by atoms with van der Waals surface area (Å²) >= 11 is 0. The number of aryl methyl sites for hydroxylation is 1. The molecule has 0 amide bonds. The zero-order chi connectivity index (χ0) is 24.5. The largest absolute Gasteiger partial charge is 0.494 e. The van der Waals surface area contributed by atoms with E-state index < -0.39 is 0 Å². The molecular weight excluding hydrogens is 446 g/mol. The van der Waals surface area contributed by atoms with Gasteiger partial charge in [0.25, 0.3) is 0 Å². The van der Waals surface area contributed by atoms with Gasteiger partial charge in [-0.25, -0.2) is 0 Å². The Balaban J connectivity index is 1.27. The fourth-order valence-corrected chi connectivity index (χ4v) is 4.00. The average Bonchev–Trinajstić information content (AvgIpc) is 3.54. The Hall–Kier alpha value is -3.88. The molecule has 0 aliphatic carbocycles. The third kappa shape index (κ3) is 6.17. The summed E-state index contributed by atoms with van der Waals surface area (Å²) in [6, 6.07) is 13.7. The average molecular weight is 478 g/mol. The first-order valence-corrected chi connectivity index (χ1v) is 12.1. The zero-order valence-corrected chi connectivity index (χ0v) is 20.2. The molecule has 4 aromatic rings. The number of aromatic nitrogens is 5. The van der Waals surface area contributed by atoms with Gasteiger partial charge in [-0.05, 0) is 73.9 Å².